The van der Waals surface area contributed by atoms with Gasteiger partial charge in [-0.2, -0.15) is 18.4 Å². The van der Waals surface area contributed by atoms with Crippen LogP contribution in [0.2, 0.25) is 0 Å². The number of piperazine rings is 1. The third-order valence-corrected chi connectivity index (χ3v) is 6.95. The average Bonchev–Trinajstić information content (AvgIpc) is 2.93. The molecule has 38 heavy (non-hydrogen) atoms. The topological polar surface area (TPSA) is 82.3 Å². The highest BCUT2D eigenvalue weighted by atomic mass is 19.4. The van der Waals surface area contributed by atoms with E-state index in [2.05, 4.69) is 11.1 Å². The van der Waals surface area contributed by atoms with Gasteiger partial charge in [0, 0.05) is 31.9 Å². The molecule has 0 N–H and O–H groups in total. The quantitative estimate of drug-likeness (QED) is 0.356. The molecule has 1 atom stereocenters. The van der Waals surface area contributed by atoms with E-state index in [-0.39, 0.29) is 18.2 Å². The molecule has 7 nitrogen and oxygen atoms in total. The van der Waals surface area contributed by atoms with Gasteiger partial charge in [0.25, 0.3) is 0 Å². The van der Waals surface area contributed by atoms with Crippen molar-refractivity contribution in [1.82, 2.24) is 9.97 Å². The van der Waals surface area contributed by atoms with E-state index >= 15 is 0 Å². The fourth-order valence-corrected chi connectivity index (χ4v) is 4.52. The minimum atomic E-state index is -4.41. The monoisotopic (exact) mass is 525 g/mol. The summed E-state index contributed by atoms with van der Waals surface area (Å²) >= 11 is 0. The lowest BCUT2D eigenvalue weighted by atomic mass is 10.0. The van der Waals surface area contributed by atoms with Gasteiger partial charge in [-0.15, -0.1) is 0 Å². The molecule has 0 aliphatic carbocycles. The molecule has 0 bridgehead atoms. The molecular formula is C28H30F3N5O2. The number of ether oxygens (including phenoxy) is 1. The molecule has 2 heterocycles. The van der Waals surface area contributed by atoms with Crippen LogP contribution in [-0.2, 0) is 15.7 Å². The van der Waals surface area contributed by atoms with Crippen molar-refractivity contribution in [2.45, 2.75) is 38.8 Å². The number of hydrogen-bond acceptors (Lipinski definition) is 7. The largest absolute Gasteiger partial charge is 0.464 e. The van der Waals surface area contributed by atoms with E-state index < -0.39 is 23.6 Å². The second kappa shape index (κ2) is 11.7. The van der Waals surface area contributed by atoms with Crippen LogP contribution in [0, 0.1) is 17.2 Å². The Kier molecular flexibility index (Phi) is 8.35. The fraction of sp³-hybridized carbons (Fsp3) is 0.429. The Morgan fingerprint density at radius 1 is 1.00 bits per heavy atom. The number of esters is 1. The molecule has 1 saturated heterocycles. The van der Waals surface area contributed by atoms with Gasteiger partial charge in [0.15, 0.2) is 11.7 Å². The molecule has 0 spiro atoms. The highest BCUT2D eigenvalue weighted by Crippen LogP contribution is 2.33. The molecule has 0 saturated carbocycles. The molecule has 0 radical (unpaired) electrons. The van der Waals surface area contributed by atoms with Crippen molar-refractivity contribution >= 4 is 28.5 Å². The molecule has 10 heteroatoms. The van der Waals surface area contributed by atoms with Crippen molar-refractivity contribution in [3.05, 3.63) is 59.8 Å². The fourth-order valence-electron chi connectivity index (χ4n) is 4.52. The number of hydrogen-bond donors (Lipinski definition) is 0. The van der Waals surface area contributed by atoms with Crippen molar-refractivity contribution < 1.29 is 22.7 Å². The highest BCUT2D eigenvalue weighted by molar-refractivity contribution is 5.85. The van der Waals surface area contributed by atoms with Crippen LogP contribution >= 0.6 is 0 Å². The summed E-state index contributed by atoms with van der Waals surface area (Å²) in [5.74, 6) is -1.28. The lowest BCUT2D eigenvalue weighted by molar-refractivity contribution is -0.145. The van der Waals surface area contributed by atoms with Crippen LogP contribution in [0.25, 0.3) is 11.0 Å². The summed E-state index contributed by atoms with van der Waals surface area (Å²) < 4.78 is 45.1. The number of anilines is 2. The molecule has 0 amide bonds. The molecule has 200 valence electrons. The number of benzene rings is 2. The van der Waals surface area contributed by atoms with Crippen LogP contribution in [0.1, 0.15) is 43.9 Å². The number of fused-ring (bicyclic) bond motifs is 1. The number of rotatable bonds is 8. The van der Waals surface area contributed by atoms with Crippen molar-refractivity contribution in [2.75, 3.05) is 42.6 Å². The maximum absolute atomic E-state index is 13.2. The van der Waals surface area contributed by atoms with Gasteiger partial charge in [0.2, 0.25) is 0 Å². The van der Waals surface area contributed by atoms with E-state index in [0.717, 1.165) is 25.0 Å². The molecule has 3 aromatic rings. The number of nitrogens with zero attached hydrogens (tertiary/aromatic N) is 5. The number of nitriles is 1. The third-order valence-electron chi connectivity index (χ3n) is 6.95. The zero-order valence-electron chi connectivity index (χ0n) is 21.4. The summed E-state index contributed by atoms with van der Waals surface area (Å²) in [5.41, 5.74) is 1.21. The summed E-state index contributed by atoms with van der Waals surface area (Å²) in [6, 6.07) is 14.5. The molecule has 4 rings (SSSR count). The SMILES string of the molecule is CCC(CC)COC(=O)[C@@H](C#N)c1nc2ccccc2nc1N1CCN(c2cccc(C(F)(F)F)c2)CC1. The highest BCUT2D eigenvalue weighted by Gasteiger charge is 2.33. The summed E-state index contributed by atoms with van der Waals surface area (Å²) in [4.78, 5) is 26.2. The second-order valence-electron chi connectivity index (χ2n) is 9.32. The van der Waals surface area contributed by atoms with Crippen molar-refractivity contribution in [3.63, 3.8) is 0 Å². The van der Waals surface area contributed by atoms with Gasteiger partial charge in [-0.25, -0.2) is 9.97 Å². The molecular weight excluding hydrogens is 495 g/mol. The van der Waals surface area contributed by atoms with Gasteiger partial charge in [-0.3, -0.25) is 4.79 Å². The Morgan fingerprint density at radius 3 is 2.24 bits per heavy atom. The molecule has 0 unspecified atom stereocenters. The van der Waals surface area contributed by atoms with Crippen LogP contribution in [0.4, 0.5) is 24.7 Å². The number of carbonyl (C=O) groups excluding carboxylic acids is 1. The number of halogens is 3. The standard InChI is InChI=1S/C28H30F3N5O2/c1-3-19(4-2)18-38-27(37)22(17-32)25-26(34-24-11-6-5-10-23(24)33-25)36-14-12-35(13-15-36)21-9-7-8-20(16-21)28(29,30)31/h5-11,16,19,22H,3-4,12-15,18H2,1-2H3/t22-/m0/s1. The first kappa shape index (κ1) is 27.2. The Labute approximate surface area is 219 Å². The van der Waals surface area contributed by atoms with Gasteiger partial charge < -0.3 is 14.5 Å². The van der Waals surface area contributed by atoms with E-state index in [0.29, 0.717) is 48.7 Å². The number of para-hydroxylation sites is 2. The third kappa shape index (κ3) is 5.98. The van der Waals surface area contributed by atoms with E-state index in [1.807, 2.05) is 29.7 Å². The number of carbonyl (C=O) groups is 1. The lowest BCUT2D eigenvalue weighted by Crippen LogP contribution is -2.47. The van der Waals surface area contributed by atoms with Crippen molar-refractivity contribution in [3.8, 4) is 6.07 Å². The first-order chi connectivity index (χ1) is 18.2. The zero-order valence-corrected chi connectivity index (χ0v) is 21.4. The maximum Gasteiger partial charge on any atom is 0.416 e. The Hall–Kier alpha value is -3.87. The number of alkyl halides is 3. The Bertz CT molecular complexity index is 1310. The van der Waals surface area contributed by atoms with E-state index in [1.165, 1.54) is 6.07 Å². The first-order valence-electron chi connectivity index (χ1n) is 12.7. The summed E-state index contributed by atoms with van der Waals surface area (Å²) in [6.07, 6.45) is -2.70. The van der Waals surface area contributed by atoms with E-state index in [9.17, 15) is 23.2 Å². The van der Waals surface area contributed by atoms with Gasteiger partial charge >= 0.3 is 12.1 Å². The molecule has 1 aliphatic heterocycles. The smallest absolute Gasteiger partial charge is 0.416 e. The summed E-state index contributed by atoms with van der Waals surface area (Å²) in [7, 11) is 0. The first-order valence-corrected chi connectivity index (χ1v) is 12.7. The lowest BCUT2D eigenvalue weighted by Gasteiger charge is -2.37. The van der Waals surface area contributed by atoms with Gasteiger partial charge in [-0.1, -0.05) is 44.9 Å². The summed E-state index contributed by atoms with van der Waals surface area (Å²) in [5, 5.41) is 9.97. The second-order valence-corrected chi connectivity index (χ2v) is 9.32. The van der Waals surface area contributed by atoms with Crippen LogP contribution in [-0.4, -0.2) is 48.7 Å². The average molecular weight is 526 g/mol. The van der Waals surface area contributed by atoms with Crippen LogP contribution in [0.3, 0.4) is 0 Å². The normalized spacial score (nSPS) is 15.0. The van der Waals surface area contributed by atoms with E-state index in [1.54, 1.807) is 24.3 Å². The van der Waals surface area contributed by atoms with Gasteiger partial charge in [0.05, 0.1) is 29.3 Å². The van der Waals surface area contributed by atoms with Crippen LogP contribution in [0.15, 0.2) is 48.5 Å². The van der Waals surface area contributed by atoms with E-state index in [4.69, 9.17) is 9.72 Å². The Balaban J connectivity index is 1.59. The maximum atomic E-state index is 13.2. The summed E-state index contributed by atoms with van der Waals surface area (Å²) in [6.45, 7) is 6.01. The molecule has 1 aromatic heterocycles. The van der Waals surface area contributed by atoms with Crippen molar-refractivity contribution in [1.29, 1.82) is 5.26 Å². The minimum Gasteiger partial charge on any atom is -0.464 e. The van der Waals surface area contributed by atoms with Crippen LogP contribution in [0.5, 0.6) is 0 Å². The molecule has 1 fully saturated rings. The molecule has 2 aromatic carbocycles. The predicted octanol–water partition coefficient (Wildman–Crippen LogP) is 5.56. The van der Waals surface area contributed by atoms with Gasteiger partial charge in [-0.05, 0) is 36.2 Å². The number of aromatic nitrogens is 2. The zero-order chi connectivity index (χ0) is 27.3. The van der Waals surface area contributed by atoms with Gasteiger partial charge in [0.1, 0.15) is 5.69 Å². The van der Waals surface area contributed by atoms with Crippen molar-refractivity contribution in [2.24, 2.45) is 5.92 Å². The van der Waals surface area contributed by atoms with Crippen LogP contribution < -0.4 is 9.80 Å². The Morgan fingerprint density at radius 2 is 1.63 bits per heavy atom. The molecule has 1 aliphatic rings. The minimum absolute atomic E-state index is 0.212. The predicted molar refractivity (Wildman–Crippen MR) is 139 cm³/mol.